The van der Waals surface area contributed by atoms with Crippen LogP contribution in [0.4, 0.5) is 0 Å². The van der Waals surface area contributed by atoms with Gasteiger partial charge in [0.2, 0.25) is 0 Å². The third kappa shape index (κ3) is 3.28. The zero-order valence-electron chi connectivity index (χ0n) is 11.0. The van der Waals surface area contributed by atoms with E-state index in [1.165, 1.54) is 15.7 Å². The van der Waals surface area contributed by atoms with E-state index in [4.69, 9.17) is 11.6 Å². The highest BCUT2D eigenvalue weighted by Crippen LogP contribution is 2.25. The zero-order chi connectivity index (χ0) is 14.3. The molecule has 0 saturated carbocycles. The van der Waals surface area contributed by atoms with Crippen LogP contribution < -0.4 is 4.72 Å². The molecule has 2 heterocycles. The average Bonchev–Trinajstić information content (AvgIpc) is 2.73. The molecule has 1 N–H and O–H groups in total. The van der Waals surface area contributed by atoms with Crippen molar-refractivity contribution in [3.8, 4) is 0 Å². The van der Waals surface area contributed by atoms with Crippen LogP contribution in [0.2, 0.25) is 5.15 Å². The van der Waals surface area contributed by atoms with Crippen molar-refractivity contribution in [2.24, 2.45) is 5.41 Å². The molecular weight excluding hydrogens is 306 g/mol. The van der Waals surface area contributed by atoms with Crippen LogP contribution >= 0.6 is 22.9 Å². The number of aromatic nitrogens is 2. The second kappa shape index (κ2) is 5.05. The van der Waals surface area contributed by atoms with E-state index in [0.717, 1.165) is 6.42 Å². The van der Waals surface area contributed by atoms with Gasteiger partial charge in [-0.25, -0.2) is 18.1 Å². The molecule has 2 rings (SSSR count). The van der Waals surface area contributed by atoms with Crippen LogP contribution in [0.25, 0.3) is 4.96 Å². The van der Waals surface area contributed by atoms with E-state index in [-0.39, 0.29) is 15.6 Å². The van der Waals surface area contributed by atoms with Gasteiger partial charge in [0.25, 0.3) is 10.0 Å². The molecule has 0 amide bonds. The molecule has 0 atom stereocenters. The molecule has 2 aromatic rings. The molecule has 0 aliphatic carbocycles. The van der Waals surface area contributed by atoms with E-state index in [2.05, 4.69) is 30.5 Å². The Labute approximate surface area is 121 Å². The number of nitrogens with one attached hydrogen (secondary N) is 1. The minimum atomic E-state index is -3.64. The second-order valence-electron chi connectivity index (χ2n) is 5.47. The Hall–Kier alpha value is -0.630. The number of halogens is 1. The first-order valence-electron chi connectivity index (χ1n) is 5.81. The highest BCUT2D eigenvalue weighted by Gasteiger charge is 2.25. The maximum atomic E-state index is 12.3. The summed E-state index contributed by atoms with van der Waals surface area (Å²) in [6, 6.07) is 0. The molecule has 0 aliphatic heterocycles. The van der Waals surface area contributed by atoms with Crippen LogP contribution in [0.5, 0.6) is 0 Å². The van der Waals surface area contributed by atoms with Gasteiger partial charge in [0.15, 0.2) is 15.1 Å². The number of sulfonamides is 1. The van der Waals surface area contributed by atoms with E-state index in [0.29, 0.717) is 11.5 Å². The normalized spacial score (nSPS) is 13.3. The smallest absolute Gasteiger partial charge is 0.259 e. The van der Waals surface area contributed by atoms with Crippen molar-refractivity contribution >= 4 is 37.9 Å². The monoisotopic (exact) mass is 321 g/mol. The van der Waals surface area contributed by atoms with Gasteiger partial charge in [-0.3, -0.25) is 4.40 Å². The fraction of sp³-hybridized carbons (Fsp3) is 0.545. The second-order valence-corrected chi connectivity index (χ2v) is 8.39. The quantitative estimate of drug-likeness (QED) is 0.941. The molecule has 0 fully saturated rings. The number of hydrogen-bond donors (Lipinski definition) is 1. The van der Waals surface area contributed by atoms with Gasteiger partial charge in [-0.05, 0) is 11.8 Å². The molecule has 2 aromatic heterocycles. The summed E-state index contributed by atoms with van der Waals surface area (Å²) in [5.41, 5.74) is 0.0709. The standard InChI is InChI=1S/C11H16ClN3O2S2/c1-11(2,3)4-5-13-19(16,17)9-8(12)14-10-15(9)6-7-18-10/h6-7,13H,4-5H2,1-3H3. The van der Waals surface area contributed by atoms with Crippen LogP contribution in [0.3, 0.4) is 0 Å². The highest BCUT2D eigenvalue weighted by molar-refractivity contribution is 7.89. The fourth-order valence-corrected chi connectivity index (χ4v) is 4.09. The van der Waals surface area contributed by atoms with Crippen molar-refractivity contribution in [3.05, 3.63) is 16.7 Å². The van der Waals surface area contributed by atoms with Crippen molar-refractivity contribution in [1.82, 2.24) is 14.1 Å². The molecule has 0 bridgehead atoms. The lowest BCUT2D eigenvalue weighted by atomic mass is 9.93. The molecule has 5 nitrogen and oxygen atoms in total. The van der Waals surface area contributed by atoms with Crippen LogP contribution in [-0.4, -0.2) is 24.3 Å². The third-order valence-electron chi connectivity index (χ3n) is 2.60. The van der Waals surface area contributed by atoms with Crippen LogP contribution in [0.1, 0.15) is 27.2 Å². The summed E-state index contributed by atoms with van der Waals surface area (Å²) < 4.78 is 28.6. The number of nitrogens with zero attached hydrogens (tertiary/aromatic N) is 2. The van der Waals surface area contributed by atoms with Crippen molar-refractivity contribution in [2.75, 3.05) is 6.54 Å². The van der Waals surface area contributed by atoms with E-state index < -0.39 is 10.0 Å². The minimum Gasteiger partial charge on any atom is -0.279 e. The van der Waals surface area contributed by atoms with Crippen molar-refractivity contribution in [2.45, 2.75) is 32.2 Å². The minimum absolute atomic E-state index is 0.00936. The van der Waals surface area contributed by atoms with Gasteiger partial charge in [0, 0.05) is 18.1 Å². The molecule has 8 heteroatoms. The van der Waals surface area contributed by atoms with Crippen LogP contribution in [0, 0.1) is 5.41 Å². The maximum absolute atomic E-state index is 12.3. The molecule has 106 valence electrons. The molecule has 0 unspecified atom stereocenters. The highest BCUT2D eigenvalue weighted by atomic mass is 35.5. The lowest BCUT2D eigenvalue weighted by Crippen LogP contribution is -2.28. The zero-order valence-corrected chi connectivity index (χ0v) is 13.4. The SMILES string of the molecule is CC(C)(C)CCNS(=O)(=O)c1c(Cl)nc2sccn12. The predicted octanol–water partition coefficient (Wildman–Crippen LogP) is 2.76. The van der Waals surface area contributed by atoms with Gasteiger partial charge in [-0.1, -0.05) is 32.4 Å². The third-order valence-corrected chi connectivity index (χ3v) is 5.22. The Morgan fingerprint density at radius 1 is 1.47 bits per heavy atom. The fourth-order valence-electron chi connectivity index (χ4n) is 1.61. The van der Waals surface area contributed by atoms with Crippen LogP contribution in [-0.2, 0) is 10.0 Å². The molecule has 0 spiro atoms. The maximum Gasteiger partial charge on any atom is 0.259 e. The van der Waals surface area contributed by atoms with E-state index in [9.17, 15) is 8.42 Å². The van der Waals surface area contributed by atoms with Crippen molar-refractivity contribution in [1.29, 1.82) is 0 Å². The lowest BCUT2D eigenvalue weighted by molar-refractivity contribution is 0.378. The first-order valence-corrected chi connectivity index (χ1v) is 8.55. The Morgan fingerprint density at radius 3 is 2.79 bits per heavy atom. The first-order chi connectivity index (χ1) is 8.71. The average molecular weight is 322 g/mol. The number of thiazole rings is 1. The van der Waals surface area contributed by atoms with Gasteiger partial charge in [-0.15, -0.1) is 11.3 Å². The molecule has 19 heavy (non-hydrogen) atoms. The summed E-state index contributed by atoms with van der Waals surface area (Å²) in [5.74, 6) is 0. The van der Waals surface area contributed by atoms with Gasteiger partial charge >= 0.3 is 0 Å². The number of imidazole rings is 1. The van der Waals surface area contributed by atoms with Gasteiger partial charge in [0.05, 0.1) is 0 Å². The van der Waals surface area contributed by atoms with E-state index in [1.54, 1.807) is 11.6 Å². The Kier molecular flexibility index (Phi) is 3.92. The molecule has 0 aliphatic rings. The van der Waals surface area contributed by atoms with Gasteiger partial charge < -0.3 is 0 Å². The molecule has 0 saturated heterocycles. The summed E-state index contributed by atoms with van der Waals surface area (Å²) in [6.45, 7) is 6.55. The van der Waals surface area contributed by atoms with E-state index >= 15 is 0 Å². The Morgan fingerprint density at radius 2 is 2.16 bits per heavy atom. The summed E-state index contributed by atoms with van der Waals surface area (Å²) >= 11 is 7.26. The molecular formula is C11H16ClN3O2S2. The van der Waals surface area contributed by atoms with Crippen LogP contribution in [0.15, 0.2) is 16.6 Å². The Bertz CT molecular complexity index is 682. The summed E-state index contributed by atoms with van der Waals surface area (Å²) in [5, 5.41) is 1.79. The summed E-state index contributed by atoms with van der Waals surface area (Å²) in [4.78, 5) is 4.59. The van der Waals surface area contributed by atoms with E-state index in [1.807, 2.05) is 0 Å². The van der Waals surface area contributed by atoms with Gasteiger partial charge in [0.1, 0.15) is 0 Å². The Balaban J connectivity index is 2.24. The number of rotatable bonds is 4. The number of hydrogen-bond acceptors (Lipinski definition) is 4. The first kappa shape index (κ1) is 14.8. The topological polar surface area (TPSA) is 63.5 Å². The van der Waals surface area contributed by atoms with Gasteiger partial charge in [-0.2, -0.15) is 0 Å². The number of fused-ring (bicyclic) bond motifs is 1. The molecule has 0 aromatic carbocycles. The summed E-state index contributed by atoms with van der Waals surface area (Å²) in [7, 11) is -3.64. The predicted molar refractivity (Wildman–Crippen MR) is 77.3 cm³/mol. The molecule has 0 radical (unpaired) electrons. The largest absolute Gasteiger partial charge is 0.279 e. The summed E-state index contributed by atoms with van der Waals surface area (Å²) in [6.07, 6.45) is 2.40. The van der Waals surface area contributed by atoms with Crippen molar-refractivity contribution in [3.63, 3.8) is 0 Å². The lowest BCUT2D eigenvalue weighted by Gasteiger charge is -2.17. The van der Waals surface area contributed by atoms with Crippen molar-refractivity contribution < 1.29 is 8.42 Å².